The lowest BCUT2D eigenvalue weighted by Gasteiger charge is -2.15. The van der Waals surface area contributed by atoms with Gasteiger partial charge in [-0.25, -0.2) is 0 Å². The van der Waals surface area contributed by atoms with Gasteiger partial charge in [-0.15, -0.1) is 0 Å². The van der Waals surface area contributed by atoms with E-state index in [0.717, 1.165) is 17.8 Å². The van der Waals surface area contributed by atoms with Gasteiger partial charge in [0.15, 0.2) is 0 Å². The summed E-state index contributed by atoms with van der Waals surface area (Å²) in [6.45, 7) is 0.713. The average molecular weight is 188 g/mol. The number of hydrogen-bond donors (Lipinski definition) is 2. The minimum atomic E-state index is -0.0188. The molecule has 1 aliphatic rings. The van der Waals surface area contributed by atoms with Gasteiger partial charge >= 0.3 is 0 Å². The third kappa shape index (κ3) is 2.13. The number of carbonyl (C=O) groups excluding carboxylic acids is 1. The Hall–Kier alpha value is -1.77. The second kappa shape index (κ2) is 3.96. The van der Waals surface area contributed by atoms with Crippen LogP contribution in [-0.4, -0.2) is 12.5 Å². The number of amides is 1. The van der Waals surface area contributed by atoms with Crippen molar-refractivity contribution in [3.63, 3.8) is 0 Å². The number of hydrogen-bond acceptors (Lipinski definition) is 2. The predicted molar refractivity (Wildman–Crippen MR) is 55.8 cm³/mol. The van der Waals surface area contributed by atoms with Crippen LogP contribution in [0, 0.1) is 0 Å². The Bertz CT molecular complexity index is 357. The number of anilines is 1. The molecule has 0 unspecified atom stereocenters. The van der Waals surface area contributed by atoms with Crippen LogP contribution in [-0.2, 0) is 4.79 Å². The number of rotatable bonds is 2. The van der Waals surface area contributed by atoms with E-state index in [4.69, 9.17) is 0 Å². The van der Waals surface area contributed by atoms with Crippen molar-refractivity contribution in [2.24, 2.45) is 0 Å². The lowest BCUT2D eigenvalue weighted by Crippen LogP contribution is -2.28. The van der Waals surface area contributed by atoms with E-state index in [9.17, 15) is 4.79 Å². The van der Waals surface area contributed by atoms with E-state index < -0.39 is 0 Å². The second-order valence-corrected chi connectivity index (χ2v) is 3.20. The van der Waals surface area contributed by atoms with Crippen LogP contribution < -0.4 is 10.6 Å². The lowest BCUT2D eigenvalue weighted by molar-refractivity contribution is -0.116. The molecule has 72 valence electrons. The van der Waals surface area contributed by atoms with Crippen LogP contribution in [0.4, 0.5) is 5.69 Å². The molecule has 0 atom stereocenters. The van der Waals surface area contributed by atoms with Gasteiger partial charge in [0.2, 0.25) is 5.91 Å². The maximum absolute atomic E-state index is 11.0. The van der Waals surface area contributed by atoms with E-state index >= 15 is 0 Å². The SMILES string of the molecule is O=C1C=C(Nc2ccccc2)CCN1. The molecule has 14 heavy (non-hydrogen) atoms. The molecule has 1 heterocycles. The Labute approximate surface area is 82.8 Å². The summed E-state index contributed by atoms with van der Waals surface area (Å²) in [7, 11) is 0. The third-order valence-corrected chi connectivity index (χ3v) is 2.08. The Morgan fingerprint density at radius 1 is 1.21 bits per heavy atom. The zero-order chi connectivity index (χ0) is 9.80. The third-order valence-electron chi connectivity index (χ3n) is 2.08. The standard InChI is InChI=1S/C11H12N2O/c14-11-8-10(6-7-12-11)13-9-4-2-1-3-5-9/h1-5,8,13H,6-7H2,(H,12,14). The van der Waals surface area contributed by atoms with E-state index in [0.29, 0.717) is 6.54 Å². The normalized spacial score (nSPS) is 15.7. The van der Waals surface area contributed by atoms with Gasteiger partial charge < -0.3 is 10.6 Å². The Balaban J connectivity index is 2.08. The largest absolute Gasteiger partial charge is 0.359 e. The van der Waals surface area contributed by atoms with Crippen molar-refractivity contribution in [1.82, 2.24) is 5.32 Å². The van der Waals surface area contributed by atoms with E-state index in [1.54, 1.807) is 6.08 Å². The summed E-state index contributed by atoms with van der Waals surface area (Å²) in [6.07, 6.45) is 2.47. The molecule has 1 aliphatic heterocycles. The number of carbonyl (C=O) groups is 1. The first-order valence-corrected chi connectivity index (χ1v) is 4.65. The van der Waals surface area contributed by atoms with Crippen molar-refractivity contribution in [3.05, 3.63) is 42.1 Å². The summed E-state index contributed by atoms with van der Waals surface area (Å²) in [5, 5.41) is 5.95. The first-order chi connectivity index (χ1) is 6.84. The highest BCUT2D eigenvalue weighted by Gasteiger charge is 2.07. The monoisotopic (exact) mass is 188 g/mol. The van der Waals surface area contributed by atoms with Crippen LogP contribution in [0.5, 0.6) is 0 Å². The molecule has 0 saturated carbocycles. The van der Waals surface area contributed by atoms with Crippen LogP contribution in [0.3, 0.4) is 0 Å². The fourth-order valence-electron chi connectivity index (χ4n) is 1.41. The van der Waals surface area contributed by atoms with E-state index in [-0.39, 0.29) is 5.91 Å². The van der Waals surface area contributed by atoms with Gasteiger partial charge in [-0.1, -0.05) is 18.2 Å². The zero-order valence-corrected chi connectivity index (χ0v) is 7.79. The number of nitrogens with one attached hydrogen (secondary N) is 2. The molecule has 0 radical (unpaired) electrons. The molecule has 0 spiro atoms. The Kier molecular flexibility index (Phi) is 2.49. The topological polar surface area (TPSA) is 41.1 Å². The Morgan fingerprint density at radius 2 is 2.00 bits per heavy atom. The van der Waals surface area contributed by atoms with Gasteiger partial charge in [0, 0.05) is 30.4 Å². The van der Waals surface area contributed by atoms with Crippen LogP contribution in [0.1, 0.15) is 6.42 Å². The van der Waals surface area contributed by atoms with Crippen LogP contribution in [0.2, 0.25) is 0 Å². The quantitative estimate of drug-likeness (QED) is 0.738. The van der Waals surface area contributed by atoms with Crippen molar-refractivity contribution in [1.29, 1.82) is 0 Å². The average Bonchev–Trinajstić information content (AvgIpc) is 2.19. The highest BCUT2D eigenvalue weighted by molar-refractivity contribution is 5.89. The summed E-state index contributed by atoms with van der Waals surface area (Å²) in [4.78, 5) is 11.0. The first kappa shape index (κ1) is 8.81. The zero-order valence-electron chi connectivity index (χ0n) is 7.79. The number of para-hydroxylation sites is 1. The lowest BCUT2D eigenvalue weighted by atomic mass is 10.2. The molecule has 1 amide bonds. The molecular formula is C11H12N2O. The maximum Gasteiger partial charge on any atom is 0.245 e. The molecule has 0 bridgehead atoms. The molecular weight excluding hydrogens is 176 g/mol. The minimum Gasteiger partial charge on any atom is -0.359 e. The fourth-order valence-corrected chi connectivity index (χ4v) is 1.41. The molecule has 0 fully saturated rings. The summed E-state index contributed by atoms with van der Waals surface area (Å²) >= 11 is 0. The molecule has 0 aromatic heterocycles. The van der Waals surface area contributed by atoms with Crippen molar-refractivity contribution < 1.29 is 4.79 Å². The van der Waals surface area contributed by atoms with E-state index in [1.165, 1.54) is 0 Å². The van der Waals surface area contributed by atoms with Gasteiger partial charge in [-0.3, -0.25) is 4.79 Å². The highest BCUT2D eigenvalue weighted by atomic mass is 16.1. The van der Waals surface area contributed by atoms with E-state index in [1.807, 2.05) is 30.3 Å². The summed E-state index contributed by atoms with van der Waals surface area (Å²) in [6, 6.07) is 9.85. The summed E-state index contributed by atoms with van der Waals surface area (Å²) < 4.78 is 0. The summed E-state index contributed by atoms with van der Waals surface area (Å²) in [5.74, 6) is -0.0188. The maximum atomic E-state index is 11.0. The van der Waals surface area contributed by atoms with Crippen molar-refractivity contribution in [2.45, 2.75) is 6.42 Å². The van der Waals surface area contributed by atoms with Crippen LogP contribution in [0.25, 0.3) is 0 Å². The van der Waals surface area contributed by atoms with Crippen molar-refractivity contribution in [2.75, 3.05) is 11.9 Å². The van der Waals surface area contributed by atoms with Gasteiger partial charge in [-0.2, -0.15) is 0 Å². The molecule has 2 N–H and O–H groups in total. The molecule has 2 rings (SSSR count). The predicted octanol–water partition coefficient (Wildman–Crippen LogP) is 1.50. The second-order valence-electron chi connectivity index (χ2n) is 3.20. The highest BCUT2D eigenvalue weighted by Crippen LogP contribution is 2.12. The van der Waals surface area contributed by atoms with Crippen LogP contribution >= 0.6 is 0 Å². The molecule has 1 aromatic carbocycles. The van der Waals surface area contributed by atoms with Gasteiger partial charge in [-0.05, 0) is 12.1 Å². The molecule has 1 aromatic rings. The van der Waals surface area contributed by atoms with Gasteiger partial charge in [0.1, 0.15) is 0 Å². The smallest absolute Gasteiger partial charge is 0.245 e. The first-order valence-electron chi connectivity index (χ1n) is 4.65. The van der Waals surface area contributed by atoms with Crippen LogP contribution in [0.15, 0.2) is 42.1 Å². The van der Waals surface area contributed by atoms with Gasteiger partial charge in [0.25, 0.3) is 0 Å². The van der Waals surface area contributed by atoms with Crippen molar-refractivity contribution in [3.8, 4) is 0 Å². The molecule has 0 aliphatic carbocycles. The molecule has 3 heteroatoms. The minimum absolute atomic E-state index is 0.0188. The molecule has 0 saturated heterocycles. The Morgan fingerprint density at radius 3 is 2.71 bits per heavy atom. The molecule has 3 nitrogen and oxygen atoms in total. The van der Waals surface area contributed by atoms with E-state index in [2.05, 4.69) is 10.6 Å². The number of benzene rings is 1. The van der Waals surface area contributed by atoms with Gasteiger partial charge in [0.05, 0.1) is 0 Å². The fraction of sp³-hybridized carbons (Fsp3) is 0.182. The summed E-state index contributed by atoms with van der Waals surface area (Å²) in [5.41, 5.74) is 1.99. The van der Waals surface area contributed by atoms with Crippen molar-refractivity contribution >= 4 is 11.6 Å².